The number of imidazole rings is 1. The van der Waals surface area contributed by atoms with Gasteiger partial charge in [-0.2, -0.15) is 0 Å². The SMILES string of the molecule is CCc1nc2nc(SCc3ccc(C)c(N)c3)nc(N3CCOCC3)c2[nH]1. The highest BCUT2D eigenvalue weighted by atomic mass is 32.2. The van der Waals surface area contributed by atoms with Crippen molar-refractivity contribution < 1.29 is 4.74 Å². The number of aromatic amines is 1. The molecule has 1 aliphatic heterocycles. The Bertz CT molecular complexity index is 951. The van der Waals surface area contributed by atoms with Crippen LogP contribution in [0, 0.1) is 6.92 Å². The number of morpholine rings is 1. The van der Waals surface area contributed by atoms with E-state index in [0.717, 1.165) is 70.0 Å². The second-order valence-electron chi connectivity index (χ2n) is 6.64. The molecule has 3 N–H and O–H groups in total. The van der Waals surface area contributed by atoms with Gasteiger partial charge in [0, 0.05) is 31.0 Å². The summed E-state index contributed by atoms with van der Waals surface area (Å²) in [5.41, 5.74) is 10.8. The summed E-state index contributed by atoms with van der Waals surface area (Å²) in [5.74, 6) is 2.62. The Morgan fingerprint density at radius 2 is 2.04 bits per heavy atom. The van der Waals surface area contributed by atoms with Gasteiger partial charge in [0.25, 0.3) is 0 Å². The molecule has 4 rings (SSSR count). The first-order chi connectivity index (χ1) is 13.1. The number of hydrogen-bond acceptors (Lipinski definition) is 7. The zero-order valence-electron chi connectivity index (χ0n) is 15.7. The molecule has 0 radical (unpaired) electrons. The minimum absolute atomic E-state index is 0.714. The third-order valence-electron chi connectivity index (χ3n) is 4.72. The molecule has 7 nitrogen and oxygen atoms in total. The molecule has 1 fully saturated rings. The molecule has 142 valence electrons. The first-order valence-electron chi connectivity index (χ1n) is 9.21. The van der Waals surface area contributed by atoms with E-state index < -0.39 is 0 Å². The molecule has 0 saturated carbocycles. The summed E-state index contributed by atoms with van der Waals surface area (Å²) in [7, 11) is 0. The normalized spacial score (nSPS) is 14.8. The number of H-pyrrole nitrogens is 1. The lowest BCUT2D eigenvalue weighted by atomic mass is 10.1. The van der Waals surface area contributed by atoms with Gasteiger partial charge in [-0.15, -0.1) is 0 Å². The summed E-state index contributed by atoms with van der Waals surface area (Å²) in [4.78, 5) is 19.8. The number of rotatable bonds is 5. The number of fused-ring (bicyclic) bond motifs is 1. The molecule has 0 bridgehead atoms. The first kappa shape index (κ1) is 18.1. The lowest BCUT2D eigenvalue weighted by Gasteiger charge is -2.28. The second kappa shape index (κ2) is 7.74. The Balaban J connectivity index is 1.64. The van der Waals surface area contributed by atoms with Crippen molar-refractivity contribution in [3.05, 3.63) is 35.2 Å². The van der Waals surface area contributed by atoms with Crippen LogP contribution in [0.25, 0.3) is 11.2 Å². The van der Waals surface area contributed by atoms with Gasteiger partial charge in [0.05, 0.1) is 13.2 Å². The van der Waals surface area contributed by atoms with E-state index in [0.29, 0.717) is 13.2 Å². The Morgan fingerprint density at radius 1 is 1.22 bits per heavy atom. The molecule has 1 saturated heterocycles. The topological polar surface area (TPSA) is 92.9 Å². The molecule has 1 aromatic carbocycles. The molecule has 27 heavy (non-hydrogen) atoms. The van der Waals surface area contributed by atoms with Crippen molar-refractivity contribution in [1.82, 2.24) is 19.9 Å². The maximum atomic E-state index is 6.03. The van der Waals surface area contributed by atoms with E-state index in [1.807, 2.05) is 13.0 Å². The molecular weight excluding hydrogens is 360 g/mol. The summed E-state index contributed by atoms with van der Waals surface area (Å²) in [6, 6.07) is 6.17. The van der Waals surface area contributed by atoms with Crippen molar-refractivity contribution in [3.8, 4) is 0 Å². The van der Waals surface area contributed by atoms with Crippen LogP contribution < -0.4 is 10.6 Å². The summed E-state index contributed by atoms with van der Waals surface area (Å²) >= 11 is 1.61. The summed E-state index contributed by atoms with van der Waals surface area (Å²) < 4.78 is 5.49. The third-order valence-corrected chi connectivity index (χ3v) is 5.64. The fourth-order valence-corrected chi connectivity index (χ4v) is 3.85. The minimum Gasteiger partial charge on any atom is -0.399 e. The zero-order valence-corrected chi connectivity index (χ0v) is 16.5. The Hall–Kier alpha value is -2.32. The molecule has 0 unspecified atom stereocenters. The number of nitrogens with zero attached hydrogens (tertiary/aromatic N) is 4. The Morgan fingerprint density at radius 3 is 2.78 bits per heavy atom. The molecule has 2 aromatic heterocycles. The molecular formula is C19H24N6OS. The molecule has 3 heterocycles. The van der Waals surface area contributed by atoms with Gasteiger partial charge in [0.15, 0.2) is 16.6 Å². The van der Waals surface area contributed by atoms with Gasteiger partial charge in [-0.1, -0.05) is 30.8 Å². The van der Waals surface area contributed by atoms with Gasteiger partial charge in [-0.05, 0) is 24.1 Å². The van der Waals surface area contributed by atoms with Gasteiger partial charge >= 0.3 is 0 Å². The number of nitrogen functional groups attached to an aromatic ring is 1. The quantitative estimate of drug-likeness (QED) is 0.397. The smallest absolute Gasteiger partial charge is 0.192 e. The summed E-state index contributed by atoms with van der Waals surface area (Å²) in [6.07, 6.45) is 0.837. The van der Waals surface area contributed by atoms with Gasteiger partial charge in [-0.25, -0.2) is 15.0 Å². The van der Waals surface area contributed by atoms with E-state index in [-0.39, 0.29) is 0 Å². The first-order valence-corrected chi connectivity index (χ1v) is 10.2. The highest BCUT2D eigenvalue weighted by Crippen LogP contribution is 2.28. The van der Waals surface area contributed by atoms with Crippen molar-refractivity contribution in [2.45, 2.75) is 31.2 Å². The largest absolute Gasteiger partial charge is 0.399 e. The minimum atomic E-state index is 0.714. The molecule has 0 atom stereocenters. The van der Waals surface area contributed by atoms with E-state index in [2.05, 4.69) is 38.9 Å². The molecule has 1 aliphatic rings. The fraction of sp³-hybridized carbons (Fsp3) is 0.421. The Labute approximate surface area is 162 Å². The number of benzene rings is 1. The van der Waals surface area contributed by atoms with Crippen molar-refractivity contribution >= 4 is 34.4 Å². The van der Waals surface area contributed by atoms with E-state index in [1.54, 1.807) is 11.8 Å². The monoisotopic (exact) mass is 384 g/mol. The third kappa shape index (κ3) is 3.86. The molecule has 0 amide bonds. The second-order valence-corrected chi connectivity index (χ2v) is 7.59. The van der Waals surface area contributed by atoms with Crippen LogP contribution in [0.1, 0.15) is 23.9 Å². The van der Waals surface area contributed by atoms with E-state index >= 15 is 0 Å². The number of aryl methyl sites for hydroxylation is 2. The highest BCUT2D eigenvalue weighted by Gasteiger charge is 2.20. The van der Waals surface area contributed by atoms with Crippen LogP contribution in [-0.4, -0.2) is 46.2 Å². The number of aromatic nitrogens is 4. The summed E-state index contributed by atoms with van der Waals surface area (Å²) in [5, 5.41) is 0.734. The lowest BCUT2D eigenvalue weighted by molar-refractivity contribution is 0.122. The van der Waals surface area contributed by atoms with E-state index in [4.69, 9.17) is 15.5 Å². The number of nitrogens with one attached hydrogen (secondary N) is 1. The maximum absolute atomic E-state index is 6.03. The fourth-order valence-electron chi connectivity index (χ4n) is 3.07. The van der Waals surface area contributed by atoms with Crippen LogP contribution in [0.15, 0.2) is 23.4 Å². The van der Waals surface area contributed by atoms with Crippen LogP contribution in [-0.2, 0) is 16.9 Å². The Kier molecular flexibility index (Phi) is 5.18. The number of ether oxygens (including phenoxy) is 1. The van der Waals surface area contributed by atoms with E-state index in [1.165, 1.54) is 0 Å². The van der Waals surface area contributed by atoms with Crippen LogP contribution in [0.5, 0.6) is 0 Å². The molecule has 8 heteroatoms. The van der Waals surface area contributed by atoms with Crippen molar-refractivity contribution in [1.29, 1.82) is 0 Å². The predicted molar refractivity (Wildman–Crippen MR) is 109 cm³/mol. The highest BCUT2D eigenvalue weighted by molar-refractivity contribution is 7.98. The standard InChI is InChI=1S/C19H24N6OS/c1-3-15-21-16-17(22-15)23-19(24-18(16)25-6-8-26-9-7-25)27-11-13-5-4-12(2)14(20)10-13/h4-5,10H,3,6-9,11,20H2,1-2H3,(H,21,22,23,24). The van der Waals surface area contributed by atoms with Crippen molar-refractivity contribution in [3.63, 3.8) is 0 Å². The van der Waals surface area contributed by atoms with Crippen LogP contribution in [0.4, 0.5) is 11.5 Å². The molecule has 0 aliphatic carbocycles. The number of thioether (sulfide) groups is 1. The predicted octanol–water partition coefficient (Wildman–Crippen LogP) is 2.93. The van der Waals surface area contributed by atoms with Crippen LogP contribution >= 0.6 is 11.8 Å². The van der Waals surface area contributed by atoms with Crippen molar-refractivity contribution in [2.75, 3.05) is 36.9 Å². The maximum Gasteiger partial charge on any atom is 0.192 e. The van der Waals surface area contributed by atoms with Gasteiger partial charge in [0.1, 0.15) is 11.3 Å². The number of anilines is 2. The molecule has 3 aromatic rings. The zero-order chi connectivity index (χ0) is 18.8. The van der Waals surface area contributed by atoms with Crippen molar-refractivity contribution in [2.24, 2.45) is 0 Å². The average molecular weight is 385 g/mol. The van der Waals surface area contributed by atoms with Gasteiger partial charge in [0.2, 0.25) is 0 Å². The summed E-state index contributed by atoms with van der Waals surface area (Å²) in [6.45, 7) is 7.17. The number of hydrogen-bond donors (Lipinski definition) is 2. The lowest BCUT2D eigenvalue weighted by Crippen LogP contribution is -2.37. The average Bonchev–Trinajstić information content (AvgIpc) is 3.12. The van der Waals surface area contributed by atoms with Gasteiger partial charge < -0.3 is 20.4 Å². The van der Waals surface area contributed by atoms with Crippen LogP contribution in [0.2, 0.25) is 0 Å². The molecule has 0 spiro atoms. The van der Waals surface area contributed by atoms with Gasteiger partial charge in [-0.3, -0.25) is 0 Å². The van der Waals surface area contributed by atoms with Crippen LogP contribution in [0.3, 0.4) is 0 Å². The number of nitrogens with two attached hydrogens (primary N) is 1. The van der Waals surface area contributed by atoms with E-state index in [9.17, 15) is 0 Å².